The van der Waals surface area contributed by atoms with Crippen LogP contribution in [0.1, 0.15) is 30.4 Å². The van der Waals surface area contributed by atoms with Crippen LogP contribution < -0.4 is 0 Å². The van der Waals surface area contributed by atoms with Gasteiger partial charge in [-0.1, -0.05) is 19.1 Å². The third kappa shape index (κ3) is 1.72. The number of aliphatic hydroxyl groups excluding tert-OH is 1. The predicted octanol–water partition coefficient (Wildman–Crippen LogP) is 2.48. The van der Waals surface area contributed by atoms with Gasteiger partial charge in [0.2, 0.25) is 0 Å². The number of nitro groups is 1. The Morgan fingerprint density at radius 1 is 1.56 bits per heavy atom. The van der Waals surface area contributed by atoms with Gasteiger partial charge in [-0.2, -0.15) is 0 Å². The van der Waals surface area contributed by atoms with Crippen LogP contribution in [0.3, 0.4) is 0 Å². The lowest BCUT2D eigenvalue weighted by Gasteiger charge is -2.16. The van der Waals surface area contributed by atoms with Gasteiger partial charge in [-0.05, 0) is 23.6 Å². The van der Waals surface area contributed by atoms with Crippen molar-refractivity contribution < 1.29 is 10.0 Å². The van der Waals surface area contributed by atoms with E-state index < -0.39 is 11.0 Å². The molecule has 0 aliphatic heterocycles. The second-order valence-electron chi connectivity index (χ2n) is 3.93. The predicted molar refractivity (Wildman–Crippen MR) is 61.2 cm³/mol. The molecule has 1 aromatic carbocycles. The molecule has 0 saturated carbocycles. The van der Waals surface area contributed by atoms with E-state index in [1.807, 2.05) is 19.1 Å². The number of nitro benzene ring substituents is 1. The molecule has 2 atom stereocenters. The minimum absolute atomic E-state index is 0.0794. The first-order valence-electron chi connectivity index (χ1n) is 5.28. The molecule has 0 saturated heterocycles. The average Bonchev–Trinajstić information content (AvgIpc) is 2.70. The fourth-order valence-corrected chi connectivity index (χ4v) is 2.02. The van der Waals surface area contributed by atoms with E-state index in [1.165, 1.54) is 6.07 Å². The van der Waals surface area contributed by atoms with Gasteiger partial charge >= 0.3 is 0 Å². The Labute approximate surface area is 93.4 Å². The summed E-state index contributed by atoms with van der Waals surface area (Å²) in [5.74, 6) is -0.111. The van der Waals surface area contributed by atoms with Gasteiger partial charge in [0.05, 0.1) is 11.0 Å². The summed E-state index contributed by atoms with van der Waals surface area (Å²) in [5, 5.41) is 20.5. The third-order valence-corrected chi connectivity index (χ3v) is 2.96. The molecule has 2 unspecified atom stereocenters. The van der Waals surface area contributed by atoms with Crippen LogP contribution in [0.25, 0.3) is 6.08 Å². The summed E-state index contributed by atoms with van der Waals surface area (Å²) in [6, 6.07) is 4.77. The molecule has 1 N–H and O–H groups in total. The Morgan fingerprint density at radius 3 is 2.94 bits per heavy atom. The molecule has 4 heteroatoms. The Bertz CT molecular complexity index is 454. The van der Waals surface area contributed by atoms with E-state index in [2.05, 4.69) is 0 Å². The quantitative estimate of drug-likeness (QED) is 0.627. The molecule has 1 aliphatic rings. The molecule has 0 aromatic heterocycles. The number of benzene rings is 1. The number of aliphatic hydroxyl groups is 1. The van der Waals surface area contributed by atoms with Crippen molar-refractivity contribution in [1.82, 2.24) is 0 Å². The maximum atomic E-state index is 10.7. The Balaban J connectivity index is 2.40. The molecule has 0 bridgehead atoms. The van der Waals surface area contributed by atoms with Gasteiger partial charge < -0.3 is 5.11 Å². The van der Waals surface area contributed by atoms with Crippen molar-refractivity contribution in [3.63, 3.8) is 0 Å². The number of rotatable bonds is 3. The van der Waals surface area contributed by atoms with Crippen molar-refractivity contribution in [2.75, 3.05) is 0 Å². The standard InChI is InChI=1S/C12H13NO3/c1-2-12(14)10-6-4-8-3-5-9(13(15)16)7-11(8)10/h3-7,10,12,14H,2H2,1H3. The highest BCUT2D eigenvalue weighted by atomic mass is 16.6. The fourth-order valence-electron chi connectivity index (χ4n) is 2.02. The van der Waals surface area contributed by atoms with Crippen molar-refractivity contribution in [1.29, 1.82) is 0 Å². The van der Waals surface area contributed by atoms with E-state index in [0.717, 1.165) is 11.1 Å². The molecule has 0 radical (unpaired) electrons. The van der Waals surface area contributed by atoms with Crippen LogP contribution in [0.2, 0.25) is 0 Å². The van der Waals surface area contributed by atoms with Gasteiger partial charge in [-0.25, -0.2) is 0 Å². The van der Waals surface area contributed by atoms with Crippen molar-refractivity contribution in [2.45, 2.75) is 25.4 Å². The summed E-state index contributed by atoms with van der Waals surface area (Å²) < 4.78 is 0. The van der Waals surface area contributed by atoms with Gasteiger partial charge in [-0.15, -0.1) is 0 Å². The van der Waals surface area contributed by atoms with Crippen LogP contribution in [-0.4, -0.2) is 16.1 Å². The first kappa shape index (κ1) is 10.8. The summed E-state index contributed by atoms with van der Waals surface area (Å²) in [4.78, 5) is 10.3. The van der Waals surface area contributed by atoms with Gasteiger partial charge in [-0.3, -0.25) is 10.1 Å². The number of fused-ring (bicyclic) bond motifs is 1. The van der Waals surface area contributed by atoms with Crippen molar-refractivity contribution in [3.05, 3.63) is 45.5 Å². The van der Waals surface area contributed by atoms with Crippen LogP contribution in [-0.2, 0) is 0 Å². The summed E-state index contributed by atoms with van der Waals surface area (Å²) >= 11 is 0. The van der Waals surface area contributed by atoms with Crippen molar-refractivity contribution >= 4 is 11.8 Å². The van der Waals surface area contributed by atoms with Crippen LogP contribution in [0.15, 0.2) is 24.3 Å². The SMILES string of the molecule is CCC(O)C1C=Cc2ccc([N+](=O)[O-])cc21. The normalized spacial score (nSPS) is 19.5. The fraction of sp³-hybridized carbons (Fsp3) is 0.333. The zero-order valence-corrected chi connectivity index (χ0v) is 8.96. The zero-order valence-electron chi connectivity index (χ0n) is 8.96. The number of nitrogens with zero attached hydrogens (tertiary/aromatic N) is 1. The molecule has 1 aliphatic carbocycles. The second kappa shape index (κ2) is 4.06. The third-order valence-electron chi connectivity index (χ3n) is 2.96. The molecule has 0 spiro atoms. The topological polar surface area (TPSA) is 63.4 Å². The number of non-ortho nitro benzene ring substituents is 1. The Hall–Kier alpha value is -1.68. The largest absolute Gasteiger partial charge is 0.392 e. The molecule has 0 fully saturated rings. The van der Waals surface area contributed by atoms with E-state index in [1.54, 1.807) is 12.1 Å². The first-order valence-corrected chi connectivity index (χ1v) is 5.28. The van der Waals surface area contributed by atoms with Gasteiger partial charge in [0.25, 0.3) is 5.69 Å². The lowest BCUT2D eigenvalue weighted by Crippen LogP contribution is -2.14. The highest BCUT2D eigenvalue weighted by Crippen LogP contribution is 2.35. The summed E-state index contributed by atoms with van der Waals surface area (Å²) in [6.07, 6.45) is 3.97. The molecule has 0 amide bonds. The summed E-state index contributed by atoms with van der Waals surface area (Å²) in [5.41, 5.74) is 1.89. The van der Waals surface area contributed by atoms with Gasteiger partial charge in [0.15, 0.2) is 0 Å². The molecule has 2 rings (SSSR count). The van der Waals surface area contributed by atoms with E-state index in [-0.39, 0.29) is 11.6 Å². The summed E-state index contributed by atoms with van der Waals surface area (Å²) in [6.45, 7) is 1.90. The van der Waals surface area contributed by atoms with E-state index >= 15 is 0 Å². The van der Waals surface area contributed by atoms with Crippen LogP contribution >= 0.6 is 0 Å². The highest BCUT2D eigenvalue weighted by molar-refractivity contribution is 5.65. The maximum Gasteiger partial charge on any atom is 0.269 e. The molecular formula is C12H13NO3. The first-order chi connectivity index (χ1) is 7.63. The molecule has 0 heterocycles. The van der Waals surface area contributed by atoms with Gasteiger partial charge in [0, 0.05) is 18.1 Å². The van der Waals surface area contributed by atoms with Gasteiger partial charge in [0.1, 0.15) is 0 Å². The Morgan fingerprint density at radius 2 is 2.31 bits per heavy atom. The van der Waals surface area contributed by atoms with Crippen LogP contribution in [0.4, 0.5) is 5.69 Å². The molecule has 84 valence electrons. The van der Waals surface area contributed by atoms with Crippen molar-refractivity contribution in [3.8, 4) is 0 Å². The van der Waals surface area contributed by atoms with Crippen LogP contribution in [0.5, 0.6) is 0 Å². The zero-order chi connectivity index (χ0) is 11.7. The Kier molecular flexibility index (Phi) is 2.75. The average molecular weight is 219 g/mol. The molecular weight excluding hydrogens is 206 g/mol. The molecule has 4 nitrogen and oxygen atoms in total. The lowest BCUT2D eigenvalue weighted by atomic mass is 9.93. The minimum atomic E-state index is -0.473. The molecule has 16 heavy (non-hydrogen) atoms. The number of hydrogen-bond donors (Lipinski definition) is 1. The lowest BCUT2D eigenvalue weighted by molar-refractivity contribution is -0.384. The van der Waals surface area contributed by atoms with Crippen molar-refractivity contribution in [2.24, 2.45) is 0 Å². The van der Waals surface area contributed by atoms with E-state index in [0.29, 0.717) is 6.42 Å². The van der Waals surface area contributed by atoms with Crippen LogP contribution in [0, 0.1) is 10.1 Å². The monoisotopic (exact) mass is 219 g/mol. The van der Waals surface area contributed by atoms with E-state index in [4.69, 9.17) is 0 Å². The molecule has 1 aromatic rings. The highest BCUT2D eigenvalue weighted by Gasteiger charge is 2.25. The van der Waals surface area contributed by atoms with E-state index in [9.17, 15) is 15.2 Å². The summed E-state index contributed by atoms with van der Waals surface area (Å²) in [7, 11) is 0. The second-order valence-corrected chi connectivity index (χ2v) is 3.93. The maximum absolute atomic E-state index is 10.7. The number of hydrogen-bond acceptors (Lipinski definition) is 3. The minimum Gasteiger partial charge on any atom is -0.392 e. The smallest absolute Gasteiger partial charge is 0.269 e.